The standard InChI is InChI=1S/C14H23NO4S/c1-2-3-8-20(17,18)11-13(16)10-19-14-6-4-12(9-15)5-7-14/h4-7,13,16H,2-3,8-11,15H2,1H3. The molecule has 0 amide bonds. The van der Waals surface area contributed by atoms with Gasteiger partial charge in [0.15, 0.2) is 9.84 Å². The molecule has 1 atom stereocenters. The van der Waals surface area contributed by atoms with Gasteiger partial charge in [0, 0.05) is 6.54 Å². The fraction of sp³-hybridized carbons (Fsp3) is 0.571. The molecule has 0 saturated carbocycles. The SMILES string of the molecule is CCCCS(=O)(=O)CC(O)COc1ccc(CN)cc1. The molecular formula is C14H23NO4S. The molecule has 0 spiro atoms. The van der Waals surface area contributed by atoms with Crippen LogP contribution < -0.4 is 10.5 Å². The molecule has 0 aromatic heterocycles. The van der Waals surface area contributed by atoms with E-state index in [-0.39, 0.29) is 18.1 Å². The Morgan fingerprint density at radius 1 is 1.30 bits per heavy atom. The number of unbranched alkanes of at least 4 members (excludes halogenated alkanes) is 1. The molecule has 0 fully saturated rings. The average Bonchev–Trinajstić information content (AvgIpc) is 2.43. The monoisotopic (exact) mass is 301 g/mol. The number of rotatable bonds is 9. The highest BCUT2D eigenvalue weighted by Gasteiger charge is 2.17. The Morgan fingerprint density at radius 2 is 1.95 bits per heavy atom. The van der Waals surface area contributed by atoms with Crippen molar-refractivity contribution in [1.82, 2.24) is 0 Å². The maximum Gasteiger partial charge on any atom is 0.152 e. The molecule has 1 aromatic carbocycles. The van der Waals surface area contributed by atoms with Gasteiger partial charge in [0.1, 0.15) is 18.5 Å². The summed E-state index contributed by atoms with van der Waals surface area (Å²) in [6.45, 7) is 2.35. The zero-order valence-corrected chi connectivity index (χ0v) is 12.6. The number of hydrogen-bond acceptors (Lipinski definition) is 5. The van der Waals surface area contributed by atoms with Crippen LogP contribution in [0.5, 0.6) is 5.75 Å². The van der Waals surface area contributed by atoms with E-state index in [1.807, 2.05) is 19.1 Å². The van der Waals surface area contributed by atoms with E-state index in [1.54, 1.807) is 12.1 Å². The van der Waals surface area contributed by atoms with Gasteiger partial charge in [-0.3, -0.25) is 0 Å². The normalized spacial score (nSPS) is 13.2. The zero-order valence-electron chi connectivity index (χ0n) is 11.8. The predicted molar refractivity (Wildman–Crippen MR) is 79.4 cm³/mol. The number of nitrogens with two attached hydrogens (primary N) is 1. The highest BCUT2D eigenvalue weighted by molar-refractivity contribution is 7.91. The summed E-state index contributed by atoms with van der Waals surface area (Å²) in [5.41, 5.74) is 6.47. The molecule has 0 saturated heterocycles. The Labute approximate surface area is 120 Å². The summed E-state index contributed by atoms with van der Waals surface area (Å²) in [4.78, 5) is 0. The lowest BCUT2D eigenvalue weighted by Gasteiger charge is -2.13. The Kier molecular flexibility index (Phi) is 6.98. The van der Waals surface area contributed by atoms with E-state index in [4.69, 9.17) is 10.5 Å². The van der Waals surface area contributed by atoms with Crippen molar-refractivity contribution < 1.29 is 18.3 Å². The van der Waals surface area contributed by atoms with Gasteiger partial charge in [0.05, 0.1) is 11.5 Å². The molecule has 20 heavy (non-hydrogen) atoms. The van der Waals surface area contributed by atoms with Gasteiger partial charge in [0.2, 0.25) is 0 Å². The zero-order chi connectivity index (χ0) is 15.0. The minimum absolute atomic E-state index is 0.0344. The Morgan fingerprint density at radius 3 is 2.50 bits per heavy atom. The second kappa shape index (κ2) is 8.24. The van der Waals surface area contributed by atoms with Crippen LogP contribution in [0.4, 0.5) is 0 Å². The number of sulfone groups is 1. The lowest BCUT2D eigenvalue weighted by molar-refractivity contribution is 0.125. The Hall–Kier alpha value is -1.11. The van der Waals surface area contributed by atoms with E-state index in [2.05, 4.69) is 0 Å². The topological polar surface area (TPSA) is 89.6 Å². The average molecular weight is 301 g/mol. The van der Waals surface area contributed by atoms with E-state index in [1.165, 1.54) is 0 Å². The Balaban J connectivity index is 2.40. The molecule has 0 aliphatic carbocycles. The Bertz CT molecular complexity index is 484. The quantitative estimate of drug-likeness (QED) is 0.713. The van der Waals surface area contributed by atoms with Crippen LogP contribution in [0.1, 0.15) is 25.3 Å². The second-order valence-corrected chi connectivity index (χ2v) is 7.01. The summed E-state index contributed by atoms with van der Waals surface area (Å²) in [7, 11) is -3.20. The molecule has 0 aliphatic heterocycles. The molecule has 0 aliphatic rings. The van der Waals surface area contributed by atoms with Crippen molar-refractivity contribution in [2.75, 3.05) is 18.1 Å². The fourth-order valence-electron chi connectivity index (χ4n) is 1.70. The first-order valence-electron chi connectivity index (χ1n) is 6.77. The summed E-state index contributed by atoms with van der Waals surface area (Å²) in [5.74, 6) is 0.451. The summed E-state index contributed by atoms with van der Waals surface area (Å²) < 4.78 is 28.7. The molecule has 0 radical (unpaired) electrons. The van der Waals surface area contributed by atoms with E-state index < -0.39 is 15.9 Å². The number of ether oxygens (including phenoxy) is 1. The van der Waals surface area contributed by atoms with Crippen LogP contribution >= 0.6 is 0 Å². The van der Waals surface area contributed by atoms with Gasteiger partial charge in [-0.15, -0.1) is 0 Å². The summed E-state index contributed by atoms with van der Waals surface area (Å²) in [5, 5.41) is 9.72. The van der Waals surface area contributed by atoms with Crippen LogP contribution in [-0.2, 0) is 16.4 Å². The third-order valence-electron chi connectivity index (χ3n) is 2.86. The van der Waals surface area contributed by atoms with Crippen molar-refractivity contribution in [2.45, 2.75) is 32.4 Å². The van der Waals surface area contributed by atoms with Crippen molar-refractivity contribution >= 4 is 9.84 Å². The van der Waals surface area contributed by atoms with Gasteiger partial charge in [0.25, 0.3) is 0 Å². The van der Waals surface area contributed by atoms with E-state index in [0.29, 0.717) is 18.7 Å². The maximum absolute atomic E-state index is 11.7. The van der Waals surface area contributed by atoms with Crippen LogP contribution in [0, 0.1) is 0 Å². The lowest BCUT2D eigenvalue weighted by atomic mass is 10.2. The summed E-state index contributed by atoms with van der Waals surface area (Å²) in [6.07, 6.45) is 0.432. The number of hydrogen-bond donors (Lipinski definition) is 2. The molecular weight excluding hydrogens is 278 g/mol. The van der Waals surface area contributed by atoms with Crippen LogP contribution in [0.2, 0.25) is 0 Å². The maximum atomic E-state index is 11.7. The molecule has 3 N–H and O–H groups in total. The van der Waals surface area contributed by atoms with Gasteiger partial charge in [-0.25, -0.2) is 8.42 Å². The van der Waals surface area contributed by atoms with Gasteiger partial charge >= 0.3 is 0 Å². The smallest absolute Gasteiger partial charge is 0.152 e. The second-order valence-electron chi connectivity index (χ2n) is 4.78. The van der Waals surface area contributed by atoms with Crippen LogP contribution in [-0.4, -0.2) is 37.7 Å². The van der Waals surface area contributed by atoms with E-state index >= 15 is 0 Å². The molecule has 114 valence electrons. The minimum atomic E-state index is -3.20. The highest BCUT2D eigenvalue weighted by atomic mass is 32.2. The van der Waals surface area contributed by atoms with Crippen molar-refractivity contribution in [3.8, 4) is 5.75 Å². The molecule has 1 unspecified atom stereocenters. The fourth-order valence-corrected chi connectivity index (χ4v) is 3.28. The van der Waals surface area contributed by atoms with Gasteiger partial charge < -0.3 is 15.6 Å². The van der Waals surface area contributed by atoms with E-state index in [0.717, 1.165) is 12.0 Å². The minimum Gasteiger partial charge on any atom is -0.491 e. The largest absolute Gasteiger partial charge is 0.491 e. The van der Waals surface area contributed by atoms with Crippen molar-refractivity contribution in [1.29, 1.82) is 0 Å². The van der Waals surface area contributed by atoms with Gasteiger partial charge in [-0.1, -0.05) is 25.5 Å². The third-order valence-corrected chi connectivity index (χ3v) is 4.66. The molecule has 6 heteroatoms. The lowest BCUT2D eigenvalue weighted by Crippen LogP contribution is -2.28. The van der Waals surface area contributed by atoms with Crippen LogP contribution in [0.3, 0.4) is 0 Å². The molecule has 0 bridgehead atoms. The predicted octanol–water partition coefficient (Wildman–Crippen LogP) is 1.10. The molecule has 1 aromatic rings. The molecule has 5 nitrogen and oxygen atoms in total. The number of benzene rings is 1. The van der Waals surface area contributed by atoms with Crippen LogP contribution in [0.15, 0.2) is 24.3 Å². The van der Waals surface area contributed by atoms with Crippen molar-refractivity contribution in [3.63, 3.8) is 0 Å². The number of aliphatic hydroxyl groups is 1. The van der Waals surface area contributed by atoms with Gasteiger partial charge in [-0.2, -0.15) is 0 Å². The van der Waals surface area contributed by atoms with Crippen LogP contribution in [0.25, 0.3) is 0 Å². The third kappa shape index (κ3) is 6.36. The van der Waals surface area contributed by atoms with Crippen molar-refractivity contribution in [3.05, 3.63) is 29.8 Å². The van der Waals surface area contributed by atoms with E-state index in [9.17, 15) is 13.5 Å². The highest BCUT2D eigenvalue weighted by Crippen LogP contribution is 2.12. The first-order valence-corrected chi connectivity index (χ1v) is 8.59. The van der Waals surface area contributed by atoms with Gasteiger partial charge in [-0.05, 0) is 24.1 Å². The first kappa shape index (κ1) is 16.9. The first-order chi connectivity index (χ1) is 9.46. The van der Waals surface area contributed by atoms with Crippen molar-refractivity contribution in [2.24, 2.45) is 5.73 Å². The summed E-state index contributed by atoms with van der Waals surface area (Å²) >= 11 is 0. The molecule has 0 heterocycles. The molecule has 1 rings (SSSR count). The summed E-state index contributed by atoms with van der Waals surface area (Å²) in [6, 6.07) is 7.17. The number of aliphatic hydroxyl groups excluding tert-OH is 1.